The predicted molar refractivity (Wildman–Crippen MR) is 79.6 cm³/mol. The van der Waals surface area contributed by atoms with Crippen LogP contribution >= 0.6 is 11.8 Å². The zero-order valence-corrected chi connectivity index (χ0v) is 12.5. The third-order valence-corrected chi connectivity index (χ3v) is 3.06. The second kappa shape index (κ2) is 5.61. The molecule has 0 unspecified atom stereocenters. The van der Waals surface area contributed by atoms with Crippen LogP contribution in [0.1, 0.15) is 20.8 Å². The van der Waals surface area contributed by atoms with E-state index < -0.39 is 0 Å². The molecule has 0 saturated carbocycles. The van der Waals surface area contributed by atoms with Gasteiger partial charge in [-0.2, -0.15) is 0 Å². The first-order valence-corrected chi connectivity index (χ1v) is 7.36. The van der Waals surface area contributed by atoms with E-state index in [-0.39, 0.29) is 5.60 Å². The molecule has 0 N–H and O–H groups in total. The van der Waals surface area contributed by atoms with Crippen molar-refractivity contribution >= 4 is 11.8 Å². The molecule has 0 aliphatic rings. The van der Waals surface area contributed by atoms with Gasteiger partial charge in [-0.15, -0.1) is 11.8 Å². The lowest BCUT2D eigenvalue weighted by atomic mass is 10.1. The fraction of sp³-hybridized carbons (Fsp3) is 0.333. The van der Waals surface area contributed by atoms with Gasteiger partial charge in [-0.1, -0.05) is 0 Å². The van der Waals surface area contributed by atoms with Crippen molar-refractivity contribution in [1.29, 1.82) is 0 Å². The summed E-state index contributed by atoms with van der Waals surface area (Å²) in [6, 6.07) is 8.01. The molecule has 0 bridgehead atoms. The normalized spacial score (nSPS) is 11.4. The Morgan fingerprint density at radius 2 is 1.63 bits per heavy atom. The average Bonchev–Trinajstić information content (AvgIpc) is 2.37. The van der Waals surface area contributed by atoms with E-state index in [2.05, 4.69) is 16.0 Å². The van der Waals surface area contributed by atoms with Crippen LogP contribution in [-0.4, -0.2) is 21.8 Å². The second-order valence-electron chi connectivity index (χ2n) is 5.18. The average molecular weight is 274 g/mol. The summed E-state index contributed by atoms with van der Waals surface area (Å²) in [6.45, 7) is 6.04. The van der Waals surface area contributed by atoms with E-state index in [0.29, 0.717) is 5.88 Å². The van der Waals surface area contributed by atoms with E-state index in [9.17, 15) is 0 Å². The first kappa shape index (κ1) is 13.9. The van der Waals surface area contributed by atoms with E-state index in [0.717, 1.165) is 16.2 Å². The molecule has 2 rings (SSSR count). The Kier molecular flexibility index (Phi) is 4.10. The largest absolute Gasteiger partial charge is 0.472 e. The monoisotopic (exact) mass is 274 g/mol. The fourth-order valence-corrected chi connectivity index (χ4v) is 2.07. The van der Waals surface area contributed by atoms with E-state index in [1.165, 1.54) is 0 Å². The number of aromatic nitrogens is 2. The lowest BCUT2D eigenvalue weighted by Crippen LogP contribution is -2.23. The SMILES string of the molecule is CSc1cc(-c2ccnc(OC(C)(C)C)c2)ccn1. The minimum absolute atomic E-state index is 0.242. The third kappa shape index (κ3) is 3.96. The second-order valence-corrected chi connectivity index (χ2v) is 6.01. The van der Waals surface area contributed by atoms with E-state index in [1.807, 2.05) is 51.4 Å². The van der Waals surface area contributed by atoms with Gasteiger partial charge in [0, 0.05) is 18.5 Å². The Balaban J connectivity index is 2.32. The van der Waals surface area contributed by atoms with Gasteiger partial charge in [0.2, 0.25) is 5.88 Å². The minimum atomic E-state index is -0.242. The van der Waals surface area contributed by atoms with Crippen molar-refractivity contribution in [2.75, 3.05) is 6.26 Å². The molecule has 4 heteroatoms. The van der Waals surface area contributed by atoms with Gasteiger partial charge < -0.3 is 4.74 Å². The highest BCUT2D eigenvalue weighted by Crippen LogP contribution is 2.26. The molecule has 0 aliphatic carbocycles. The van der Waals surface area contributed by atoms with Crippen LogP contribution in [0.4, 0.5) is 0 Å². The van der Waals surface area contributed by atoms with E-state index >= 15 is 0 Å². The highest BCUT2D eigenvalue weighted by atomic mass is 32.2. The molecule has 3 nitrogen and oxygen atoms in total. The molecule has 0 amide bonds. The van der Waals surface area contributed by atoms with E-state index in [4.69, 9.17) is 4.74 Å². The van der Waals surface area contributed by atoms with Crippen molar-refractivity contribution in [2.45, 2.75) is 31.4 Å². The van der Waals surface area contributed by atoms with Crippen LogP contribution in [0.15, 0.2) is 41.7 Å². The smallest absolute Gasteiger partial charge is 0.214 e. The van der Waals surface area contributed by atoms with Crippen LogP contribution in [0.25, 0.3) is 11.1 Å². The number of thioether (sulfide) groups is 1. The first-order chi connectivity index (χ1) is 8.98. The maximum Gasteiger partial charge on any atom is 0.214 e. The van der Waals surface area contributed by atoms with Gasteiger partial charge in [0.05, 0.1) is 5.03 Å². The zero-order valence-electron chi connectivity index (χ0n) is 11.7. The molecule has 2 aromatic heterocycles. The van der Waals surface area contributed by atoms with Gasteiger partial charge in [-0.3, -0.25) is 0 Å². The summed E-state index contributed by atoms with van der Waals surface area (Å²) in [5.41, 5.74) is 1.97. The quantitative estimate of drug-likeness (QED) is 0.791. The van der Waals surface area contributed by atoms with Crippen molar-refractivity contribution < 1.29 is 4.74 Å². The number of pyridine rings is 2. The number of nitrogens with zero attached hydrogens (tertiary/aromatic N) is 2. The van der Waals surface area contributed by atoms with Crippen LogP contribution in [0.3, 0.4) is 0 Å². The van der Waals surface area contributed by atoms with Gasteiger partial charge in [-0.05, 0) is 56.4 Å². The molecular formula is C15H18N2OS. The van der Waals surface area contributed by atoms with Crippen LogP contribution in [0.5, 0.6) is 5.88 Å². The summed E-state index contributed by atoms with van der Waals surface area (Å²) in [4.78, 5) is 8.53. The molecule has 0 aliphatic heterocycles. The lowest BCUT2D eigenvalue weighted by molar-refractivity contribution is 0.124. The summed E-state index contributed by atoms with van der Waals surface area (Å²) >= 11 is 1.63. The van der Waals surface area contributed by atoms with E-state index in [1.54, 1.807) is 18.0 Å². The van der Waals surface area contributed by atoms with Crippen LogP contribution in [-0.2, 0) is 0 Å². The topological polar surface area (TPSA) is 35.0 Å². The Labute approximate surface area is 118 Å². The number of hydrogen-bond donors (Lipinski definition) is 0. The minimum Gasteiger partial charge on any atom is -0.472 e. The van der Waals surface area contributed by atoms with Gasteiger partial charge in [0.15, 0.2) is 0 Å². The molecule has 0 radical (unpaired) electrons. The Hall–Kier alpha value is -1.55. The van der Waals surface area contributed by atoms with Crippen molar-refractivity contribution in [3.8, 4) is 17.0 Å². The number of hydrogen-bond acceptors (Lipinski definition) is 4. The Morgan fingerprint density at radius 1 is 1.00 bits per heavy atom. The molecule has 100 valence electrons. The molecule has 0 fully saturated rings. The number of ether oxygens (including phenoxy) is 1. The van der Waals surface area contributed by atoms with Gasteiger partial charge in [0.25, 0.3) is 0 Å². The molecule has 0 spiro atoms. The third-order valence-electron chi connectivity index (χ3n) is 2.42. The Bertz CT molecular complexity index is 564. The summed E-state index contributed by atoms with van der Waals surface area (Å²) in [5.74, 6) is 0.646. The maximum absolute atomic E-state index is 5.79. The van der Waals surface area contributed by atoms with Crippen LogP contribution < -0.4 is 4.74 Å². The lowest BCUT2D eigenvalue weighted by Gasteiger charge is -2.20. The van der Waals surface area contributed by atoms with Crippen LogP contribution in [0.2, 0.25) is 0 Å². The van der Waals surface area contributed by atoms with Crippen molar-refractivity contribution in [3.63, 3.8) is 0 Å². The fourth-order valence-electron chi connectivity index (χ4n) is 1.66. The van der Waals surface area contributed by atoms with Gasteiger partial charge >= 0.3 is 0 Å². The molecule has 19 heavy (non-hydrogen) atoms. The van der Waals surface area contributed by atoms with Gasteiger partial charge in [0.1, 0.15) is 5.60 Å². The summed E-state index contributed by atoms with van der Waals surface area (Å²) < 4.78 is 5.79. The zero-order chi connectivity index (χ0) is 13.9. The van der Waals surface area contributed by atoms with Crippen LogP contribution in [0, 0.1) is 0 Å². The highest BCUT2D eigenvalue weighted by molar-refractivity contribution is 7.98. The molecule has 2 heterocycles. The predicted octanol–water partition coefficient (Wildman–Crippen LogP) is 4.04. The maximum atomic E-state index is 5.79. The molecule has 2 aromatic rings. The molecular weight excluding hydrogens is 256 g/mol. The van der Waals surface area contributed by atoms with Gasteiger partial charge in [-0.25, -0.2) is 9.97 Å². The van der Waals surface area contributed by atoms with Crippen molar-refractivity contribution in [2.24, 2.45) is 0 Å². The summed E-state index contributed by atoms with van der Waals surface area (Å²) in [6.07, 6.45) is 5.62. The highest BCUT2D eigenvalue weighted by Gasteiger charge is 2.13. The summed E-state index contributed by atoms with van der Waals surface area (Å²) in [7, 11) is 0. The molecule has 0 atom stereocenters. The number of rotatable bonds is 3. The Morgan fingerprint density at radius 3 is 2.26 bits per heavy atom. The molecule has 0 aromatic carbocycles. The standard InChI is InChI=1S/C15H18N2OS/c1-15(2,3)18-13-9-11(5-7-16-13)12-6-8-17-14(10-12)19-4/h5-10H,1-4H3. The van der Waals surface area contributed by atoms with Crippen molar-refractivity contribution in [3.05, 3.63) is 36.7 Å². The van der Waals surface area contributed by atoms with Crippen molar-refractivity contribution in [1.82, 2.24) is 9.97 Å². The summed E-state index contributed by atoms with van der Waals surface area (Å²) in [5, 5.41) is 1.01. The first-order valence-electron chi connectivity index (χ1n) is 6.13. The molecule has 0 saturated heterocycles.